The molecule has 144 valence electrons. The number of piperazine rings is 1. The summed E-state index contributed by atoms with van der Waals surface area (Å²) in [6.45, 7) is 4.79. The molecule has 2 amide bonds. The lowest BCUT2D eigenvalue weighted by molar-refractivity contribution is 0.208. The van der Waals surface area contributed by atoms with Gasteiger partial charge < -0.3 is 19.7 Å². The highest BCUT2D eigenvalue weighted by molar-refractivity contribution is 5.89. The third kappa shape index (κ3) is 3.43. The van der Waals surface area contributed by atoms with Crippen LogP contribution in [0.2, 0.25) is 0 Å². The lowest BCUT2D eigenvalue weighted by Crippen LogP contribution is -2.51. The molecule has 0 atom stereocenters. The van der Waals surface area contributed by atoms with Crippen LogP contribution in [0.3, 0.4) is 0 Å². The largest absolute Gasteiger partial charge is 0.348 e. The summed E-state index contributed by atoms with van der Waals surface area (Å²) in [4.78, 5) is 33.8. The molecule has 4 rings (SSSR count). The summed E-state index contributed by atoms with van der Waals surface area (Å²) in [6.07, 6.45) is 0. The molecule has 1 fully saturated rings. The van der Waals surface area contributed by atoms with E-state index in [-0.39, 0.29) is 11.6 Å². The summed E-state index contributed by atoms with van der Waals surface area (Å²) >= 11 is 0. The summed E-state index contributed by atoms with van der Waals surface area (Å²) in [5, 5.41) is 2.91. The number of carbonyl (C=O) groups is 1. The minimum atomic E-state index is -0.122. The second-order valence-electron chi connectivity index (χ2n) is 6.74. The van der Waals surface area contributed by atoms with Gasteiger partial charge in [-0.25, -0.2) is 9.78 Å². The van der Waals surface area contributed by atoms with Crippen molar-refractivity contribution in [1.82, 2.24) is 14.5 Å². The van der Waals surface area contributed by atoms with Crippen LogP contribution >= 0.6 is 0 Å². The van der Waals surface area contributed by atoms with Gasteiger partial charge in [-0.3, -0.25) is 4.79 Å². The number of nitrogens with zero attached hydrogens (tertiary/aromatic N) is 4. The van der Waals surface area contributed by atoms with Gasteiger partial charge in [0.25, 0.3) is 5.56 Å². The van der Waals surface area contributed by atoms with Crippen molar-refractivity contribution in [1.29, 1.82) is 0 Å². The quantitative estimate of drug-likeness (QED) is 0.762. The van der Waals surface area contributed by atoms with E-state index in [2.05, 4.69) is 10.3 Å². The number of urea groups is 1. The van der Waals surface area contributed by atoms with E-state index in [0.717, 1.165) is 16.7 Å². The summed E-state index contributed by atoms with van der Waals surface area (Å²) in [6, 6.07) is 17.0. The maximum Gasteiger partial charge on any atom is 0.321 e. The van der Waals surface area contributed by atoms with E-state index < -0.39 is 0 Å². The fourth-order valence-corrected chi connectivity index (χ4v) is 3.54. The van der Waals surface area contributed by atoms with Crippen LogP contribution in [0.1, 0.15) is 6.92 Å². The summed E-state index contributed by atoms with van der Waals surface area (Å²) in [5.74, 6) is 0.462. The Kier molecular flexibility index (Phi) is 4.97. The topological polar surface area (TPSA) is 70.5 Å². The van der Waals surface area contributed by atoms with Gasteiger partial charge in [-0.1, -0.05) is 30.3 Å². The lowest BCUT2D eigenvalue weighted by atomic mass is 10.2. The smallest absolute Gasteiger partial charge is 0.321 e. The Morgan fingerprint density at radius 3 is 2.39 bits per heavy atom. The third-order valence-corrected chi connectivity index (χ3v) is 5.04. The minimum absolute atomic E-state index is 0.0802. The number of para-hydroxylation sites is 3. The summed E-state index contributed by atoms with van der Waals surface area (Å²) in [5.41, 5.74) is 2.35. The zero-order valence-corrected chi connectivity index (χ0v) is 15.8. The highest BCUT2D eigenvalue weighted by Gasteiger charge is 2.24. The normalized spacial score (nSPS) is 14.3. The SMILES string of the molecule is CCn1c(=O)c(N2CCN(C(=O)Nc3ccccc3)CC2)nc2ccccc21. The van der Waals surface area contributed by atoms with Crippen molar-refractivity contribution in [2.24, 2.45) is 0 Å². The predicted molar refractivity (Wildman–Crippen MR) is 111 cm³/mol. The Bertz CT molecular complexity index is 1040. The molecule has 1 aliphatic rings. The molecule has 0 spiro atoms. The number of hydrogen-bond donors (Lipinski definition) is 1. The molecule has 0 unspecified atom stereocenters. The molecule has 7 heteroatoms. The molecular weight excluding hydrogens is 354 g/mol. The van der Waals surface area contributed by atoms with Gasteiger partial charge in [-0.15, -0.1) is 0 Å². The first-order valence-corrected chi connectivity index (χ1v) is 9.53. The fourth-order valence-electron chi connectivity index (χ4n) is 3.54. The second-order valence-corrected chi connectivity index (χ2v) is 6.74. The third-order valence-electron chi connectivity index (χ3n) is 5.04. The molecule has 1 saturated heterocycles. The van der Waals surface area contributed by atoms with Gasteiger partial charge in [-0.05, 0) is 31.2 Å². The highest BCUT2D eigenvalue weighted by atomic mass is 16.2. The molecule has 3 aromatic rings. The maximum atomic E-state index is 12.9. The fraction of sp³-hybridized carbons (Fsp3) is 0.286. The van der Waals surface area contributed by atoms with E-state index >= 15 is 0 Å². The molecule has 1 N–H and O–H groups in total. The van der Waals surface area contributed by atoms with Crippen LogP contribution in [-0.4, -0.2) is 46.7 Å². The van der Waals surface area contributed by atoms with Crippen LogP contribution in [0.5, 0.6) is 0 Å². The first-order valence-electron chi connectivity index (χ1n) is 9.53. The lowest BCUT2D eigenvalue weighted by Gasteiger charge is -2.35. The van der Waals surface area contributed by atoms with E-state index in [1.807, 2.05) is 66.4 Å². The monoisotopic (exact) mass is 377 g/mol. The van der Waals surface area contributed by atoms with E-state index in [4.69, 9.17) is 0 Å². The Morgan fingerprint density at radius 1 is 1.00 bits per heavy atom. The van der Waals surface area contributed by atoms with Gasteiger partial charge >= 0.3 is 6.03 Å². The number of aryl methyl sites for hydroxylation is 1. The van der Waals surface area contributed by atoms with Crippen molar-refractivity contribution in [2.75, 3.05) is 36.4 Å². The molecule has 7 nitrogen and oxygen atoms in total. The standard InChI is InChI=1S/C21H23N5O2/c1-2-26-18-11-7-6-10-17(18)23-19(20(26)27)24-12-14-25(15-13-24)21(28)22-16-8-4-3-5-9-16/h3-11H,2,12-15H2,1H3,(H,22,28). The van der Waals surface area contributed by atoms with Crippen molar-refractivity contribution < 1.29 is 4.79 Å². The number of aromatic nitrogens is 2. The number of fused-ring (bicyclic) bond motifs is 1. The van der Waals surface area contributed by atoms with Gasteiger partial charge in [0.05, 0.1) is 11.0 Å². The molecule has 0 aliphatic carbocycles. The number of carbonyl (C=O) groups excluding carboxylic acids is 1. The number of anilines is 2. The Morgan fingerprint density at radius 2 is 1.68 bits per heavy atom. The van der Waals surface area contributed by atoms with E-state index in [0.29, 0.717) is 38.5 Å². The van der Waals surface area contributed by atoms with Crippen LogP contribution in [-0.2, 0) is 6.54 Å². The van der Waals surface area contributed by atoms with Gasteiger partial charge in [0.2, 0.25) is 0 Å². The van der Waals surface area contributed by atoms with Crippen LogP contribution < -0.4 is 15.8 Å². The molecule has 2 aromatic carbocycles. The highest BCUT2D eigenvalue weighted by Crippen LogP contribution is 2.16. The zero-order valence-electron chi connectivity index (χ0n) is 15.8. The number of rotatable bonds is 3. The van der Waals surface area contributed by atoms with Gasteiger partial charge in [0.15, 0.2) is 5.82 Å². The Balaban J connectivity index is 1.50. The van der Waals surface area contributed by atoms with Crippen molar-refractivity contribution in [3.05, 3.63) is 65.0 Å². The molecule has 2 heterocycles. The first-order chi connectivity index (χ1) is 13.7. The average molecular weight is 377 g/mol. The van der Waals surface area contributed by atoms with Crippen LogP contribution in [0.4, 0.5) is 16.3 Å². The van der Waals surface area contributed by atoms with Crippen molar-refractivity contribution >= 4 is 28.6 Å². The maximum absolute atomic E-state index is 12.9. The van der Waals surface area contributed by atoms with Crippen molar-refractivity contribution in [3.8, 4) is 0 Å². The number of benzene rings is 2. The van der Waals surface area contributed by atoms with Crippen molar-refractivity contribution in [2.45, 2.75) is 13.5 Å². The second kappa shape index (κ2) is 7.72. The van der Waals surface area contributed by atoms with Gasteiger partial charge in [-0.2, -0.15) is 0 Å². The number of amides is 2. The van der Waals surface area contributed by atoms with E-state index in [9.17, 15) is 9.59 Å². The van der Waals surface area contributed by atoms with Gasteiger partial charge in [0.1, 0.15) is 0 Å². The molecular formula is C21H23N5O2. The predicted octanol–water partition coefficient (Wildman–Crippen LogP) is 2.77. The van der Waals surface area contributed by atoms with E-state index in [1.165, 1.54) is 0 Å². The molecule has 1 aromatic heterocycles. The molecule has 28 heavy (non-hydrogen) atoms. The number of hydrogen-bond acceptors (Lipinski definition) is 4. The average Bonchev–Trinajstić information content (AvgIpc) is 2.74. The van der Waals surface area contributed by atoms with Crippen LogP contribution in [0.25, 0.3) is 11.0 Å². The molecule has 0 radical (unpaired) electrons. The molecule has 0 bridgehead atoms. The zero-order chi connectivity index (χ0) is 19.5. The van der Waals surface area contributed by atoms with Crippen LogP contribution in [0.15, 0.2) is 59.4 Å². The minimum Gasteiger partial charge on any atom is -0.348 e. The summed E-state index contributed by atoms with van der Waals surface area (Å²) in [7, 11) is 0. The van der Waals surface area contributed by atoms with Gasteiger partial charge in [0, 0.05) is 38.4 Å². The van der Waals surface area contributed by atoms with E-state index in [1.54, 1.807) is 9.47 Å². The number of nitrogens with one attached hydrogen (secondary N) is 1. The Labute approximate surface area is 163 Å². The van der Waals surface area contributed by atoms with Crippen molar-refractivity contribution in [3.63, 3.8) is 0 Å². The summed E-state index contributed by atoms with van der Waals surface area (Å²) < 4.78 is 1.76. The molecule has 0 saturated carbocycles. The Hall–Kier alpha value is -3.35. The first kappa shape index (κ1) is 18.0. The molecule has 1 aliphatic heterocycles. The van der Waals surface area contributed by atoms with Crippen LogP contribution in [0, 0.1) is 0 Å².